The summed E-state index contributed by atoms with van der Waals surface area (Å²) in [6.45, 7) is 3.56. The van der Waals surface area contributed by atoms with Crippen LogP contribution in [0, 0.1) is 0 Å². The van der Waals surface area contributed by atoms with E-state index in [9.17, 15) is 13.2 Å². The molecule has 21 heavy (non-hydrogen) atoms. The third-order valence-corrected chi connectivity index (χ3v) is 4.32. The molecule has 114 valence electrons. The van der Waals surface area contributed by atoms with Gasteiger partial charge in [-0.1, -0.05) is 28.9 Å². The molecule has 0 saturated carbocycles. The SMILES string of the molecule is CCCNCc1cnc(-c2ccc(Br)cc2C(F)(F)F)s1. The van der Waals surface area contributed by atoms with E-state index in [1.165, 1.54) is 17.4 Å². The second-order valence-corrected chi connectivity index (χ2v) is 6.53. The molecule has 2 rings (SSSR count). The molecule has 1 heterocycles. The van der Waals surface area contributed by atoms with Crippen LogP contribution in [-0.4, -0.2) is 11.5 Å². The van der Waals surface area contributed by atoms with E-state index in [1.54, 1.807) is 12.3 Å². The van der Waals surface area contributed by atoms with Crippen molar-refractivity contribution in [1.29, 1.82) is 0 Å². The number of halogens is 4. The quantitative estimate of drug-likeness (QED) is 0.732. The van der Waals surface area contributed by atoms with Gasteiger partial charge in [0.15, 0.2) is 0 Å². The fourth-order valence-electron chi connectivity index (χ4n) is 1.84. The van der Waals surface area contributed by atoms with Crippen molar-refractivity contribution < 1.29 is 13.2 Å². The van der Waals surface area contributed by atoms with Crippen LogP contribution >= 0.6 is 27.3 Å². The van der Waals surface area contributed by atoms with Gasteiger partial charge in [0.05, 0.1) is 5.56 Å². The molecule has 2 aromatic rings. The van der Waals surface area contributed by atoms with E-state index in [0.29, 0.717) is 16.0 Å². The lowest BCUT2D eigenvalue weighted by Crippen LogP contribution is -2.12. The smallest absolute Gasteiger partial charge is 0.312 e. The number of nitrogens with one attached hydrogen (secondary N) is 1. The van der Waals surface area contributed by atoms with Crippen molar-refractivity contribution in [1.82, 2.24) is 10.3 Å². The molecule has 0 saturated heterocycles. The van der Waals surface area contributed by atoms with Gasteiger partial charge in [-0.15, -0.1) is 11.3 Å². The first-order valence-corrected chi connectivity index (χ1v) is 8.05. The van der Waals surface area contributed by atoms with Crippen molar-refractivity contribution in [2.75, 3.05) is 6.54 Å². The largest absolute Gasteiger partial charge is 0.417 e. The zero-order chi connectivity index (χ0) is 15.5. The van der Waals surface area contributed by atoms with Crippen molar-refractivity contribution in [2.45, 2.75) is 26.1 Å². The normalized spacial score (nSPS) is 11.9. The van der Waals surface area contributed by atoms with E-state index in [1.807, 2.05) is 0 Å². The zero-order valence-corrected chi connectivity index (χ0v) is 13.7. The summed E-state index contributed by atoms with van der Waals surface area (Å²) in [6, 6.07) is 4.14. The van der Waals surface area contributed by atoms with E-state index in [4.69, 9.17) is 0 Å². The van der Waals surface area contributed by atoms with Crippen molar-refractivity contribution in [3.05, 3.63) is 39.3 Å². The number of aromatic nitrogens is 1. The van der Waals surface area contributed by atoms with Gasteiger partial charge in [0.2, 0.25) is 0 Å². The molecule has 7 heteroatoms. The topological polar surface area (TPSA) is 24.9 Å². The highest BCUT2D eigenvalue weighted by Gasteiger charge is 2.34. The molecule has 0 radical (unpaired) electrons. The van der Waals surface area contributed by atoms with Crippen LogP contribution in [0.15, 0.2) is 28.9 Å². The molecule has 0 aliphatic carbocycles. The van der Waals surface area contributed by atoms with Gasteiger partial charge in [-0.25, -0.2) is 4.98 Å². The maximum Gasteiger partial charge on any atom is 0.417 e. The van der Waals surface area contributed by atoms with Crippen molar-refractivity contribution in [2.24, 2.45) is 0 Å². The number of hydrogen-bond donors (Lipinski definition) is 1. The van der Waals surface area contributed by atoms with E-state index < -0.39 is 11.7 Å². The number of alkyl halides is 3. The summed E-state index contributed by atoms with van der Waals surface area (Å²) in [5, 5.41) is 3.60. The Balaban J connectivity index is 2.30. The summed E-state index contributed by atoms with van der Waals surface area (Å²) in [5.41, 5.74) is -0.545. The first-order chi connectivity index (χ1) is 9.91. The van der Waals surface area contributed by atoms with Crippen LogP contribution in [0.25, 0.3) is 10.6 Å². The Hall–Kier alpha value is -0.920. The van der Waals surface area contributed by atoms with Crippen molar-refractivity contribution in [3.63, 3.8) is 0 Å². The van der Waals surface area contributed by atoms with Gasteiger partial charge in [-0.3, -0.25) is 0 Å². The van der Waals surface area contributed by atoms with Gasteiger partial charge in [0.25, 0.3) is 0 Å². The molecule has 2 nitrogen and oxygen atoms in total. The van der Waals surface area contributed by atoms with Crippen LogP contribution in [-0.2, 0) is 12.7 Å². The monoisotopic (exact) mass is 378 g/mol. The van der Waals surface area contributed by atoms with Crippen LogP contribution in [0.5, 0.6) is 0 Å². The molecular weight excluding hydrogens is 365 g/mol. The van der Waals surface area contributed by atoms with Crippen LogP contribution < -0.4 is 5.32 Å². The molecule has 0 fully saturated rings. The zero-order valence-electron chi connectivity index (χ0n) is 11.3. The summed E-state index contributed by atoms with van der Waals surface area (Å²) < 4.78 is 39.7. The highest BCUT2D eigenvalue weighted by Crippen LogP contribution is 2.39. The average molecular weight is 379 g/mol. The number of thiazole rings is 1. The van der Waals surface area contributed by atoms with Gasteiger partial charge in [0.1, 0.15) is 5.01 Å². The third-order valence-electron chi connectivity index (χ3n) is 2.80. The Labute approximate surface area is 133 Å². The Morgan fingerprint density at radius 3 is 2.76 bits per heavy atom. The van der Waals surface area contributed by atoms with Gasteiger partial charge in [-0.05, 0) is 25.1 Å². The molecule has 1 N–H and O–H groups in total. The second-order valence-electron chi connectivity index (χ2n) is 4.50. The lowest BCUT2D eigenvalue weighted by Gasteiger charge is -2.11. The lowest BCUT2D eigenvalue weighted by molar-refractivity contribution is -0.137. The second kappa shape index (κ2) is 6.89. The summed E-state index contributed by atoms with van der Waals surface area (Å²) >= 11 is 4.37. The highest BCUT2D eigenvalue weighted by atomic mass is 79.9. The van der Waals surface area contributed by atoms with Crippen LogP contribution in [0.1, 0.15) is 23.8 Å². The lowest BCUT2D eigenvalue weighted by atomic mass is 10.1. The Morgan fingerprint density at radius 2 is 2.10 bits per heavy atom. The highest BCUT2D eigenvalue weighted by molar-refractivity contribution is 9.10. The molecule has 0 spiro atoms. The summed E-state index contributed by atoms with van der Waals surface area (Å²) in [5.74, 6) is 0. The fourth-order valence-corrected chi connectivity index (χ4v) is 3.12. The maximum absolute atomic E-state index is 13.1. The average Bonchev–Trinajstić information content (AvgIpc) is 2.87. The minimum Gasteiger partial charge on any atom is -0.312 e. The molecule has 0 atom stereocenters. The minimum atomic E-state index is -4.40. The van der Waals surface area contributed by atoms with E-state index >= 15 is 0 Å². The third kappa shape index (κ3) is 4.28. The number of benzene rings is 1. The van der Waals surface area contributed by atoms with Crippen LogP contribution in [0.4, 0.5) is 13.2 Å². The first-order valence-electron chi connectivity index (χ1n) is 6.44. The van der Waals surface area contributed by atoms with Gasteiger partial charge in [-0.2, -0.15) is 13.2 Å². The summed E-state index contributed by atoms with van der Waals surface area (Å²) in [4.78, 5) is 5.06. The standard InChI is InChI=1S/C14H14BrF3N2S/c1-2-5-19-7-10-8-20-13(21-10)11-4-3-9(15)6-12(11)14(16,17)18/h3-4,6,8,19H,2,5,7H2,1H3. The fraction of sp³-hybridized carbons (Fsp3) is 0.357. The summed E-state index contributed by atoms with van der Waals surface area (Å²) in [6.07, 6.45) is -1.76. The molecule has 1 aromatic carbocycles. The predicted molar refractivity (Wildman–Crippen MR) is 82.2 cm³/mol. The van der Waals surface area contributed by atoms with Gasteiger partial charge >= 0.3 is 6.18 Å². The molecule has 1 aromatic heterocycles. The minimum absolute atomic E-state index is 0.123. The molecule has 0 aliphatic rings. The molecular formula is C14H14BrF3N2S. The van der Waals surface area contributed by atoms with Gasteiger partial charge < -0.3 is 5.32 Å². The van der Waals surface area contributed by atoms with Crippen LogP contribution in [0.3, 0.4) is 0 Å². The molecule has 0 unspecified atom stereocenters. The van der Waals surface area contributed by atoms with Crippen molar-refractivity contribution in [3.8, 4) is 10.6 Å². The Kier molecular flexibility index (Phi) is 5.40. The van der Waals surface area contributed by atoms with Crippen molar-refractivity contribution >= 4 is 27.3 Å². The number of nitrogens with zero attached hydrogens (tertiary/aromatic N) is 1. The molecule has 0 bridgehead atoms. The Morgan fingerprint density at radius 1 is 1.33 bits per heavy atom. The molecule has 0 aliphatic heterocycles. The molecule has 0 amide bonds. The maximum atomic E-state index is 13.1. The van der Waals surface area contributed by atoms with E-state index in [0.717, 1.165) is 23.9 Å². The number of rotatable bonds is 5. The van der Waals surface area contributed by atoms with Gasteiger partial charge in [0, 0.05) is 27.7 Å². The van der Waals surface area contributed by atoms with E-state index in [-0.39, 0.29) is 5.56 Å². The number of hydrogen-bond acceptors (Lipinski definition) is 3. The first kappa shape index (κ1) is 16.5. The predicted octanol–water partition coefficient (Wildman–Crippen LogP) is 5.09. The van der Waals surface area contributed by atoms with Crippen LogP contribution in [0.2, 0.25) is 0 Å². The van der Waals surface area contributed by atoms with E-state index in [2.05, 4.69) is 33.2 Å². The summed E-state index contributed by atoms with van der Waals surface area (Å²) in [7, 11) is 0. The Bertz CT molecular complexity index is 611.